The fourth-order valence-corrected chi connectivity index (χ4v) is 4.75. The summed E-state index contributed by atoms with van der Waals surface area (Å²) in [6.07, 6.45) is 10.1. The molecule has 2 aromatic carbocycles. The summed E-state index contributed by atoms with van der Waals surface area (Å²) >= 11 is 0. The molecular formula is C26H34O2. The molecule has 2 heteroatoms. The number of rotatable bonds is 6. The lowest BCUT2D eigenvalue weighted by Crippen LogP contribution is -2.26. The zero-order valence-electron chi connectivity index (χ0n) is 17.8. The van der Waals surface area contributed by atoms with Crippen LogP contribution in [0.5, 0.6) is 5.75 Å². The van der Waals surface area contributed by atoms with Crippen molar-refractivity contribution >= 4 is 6.08 Å². The standard InChI is InChI=1S/C26H34O2/c1-5-26(6-2,23-11-12-24(27)20(4)18-23)22-10-9-21(19(3)17-22)13-16-25(28)14-7-8-15-25/h9-13,16-18,27-28H,5-8,14-15H2,1-4H3. The molecule has 0 aliphatic heterocycles. The van der Waals surface area contributed by atoms with Crippen LogP contribution in [0.3, 0.4) is 0 Å². The fraction of sp³-hybridized carbons (Fsp3) is 0.462. The minimum absolute atomic E-state index is 0.0604. The molecule has 0 saturated heterocycles. The van der Waals surface area contributed by atoms with E-state index >= 15 is 0 Å². The first-order chi connectivity index (χ1) is 13.3. The molecule has 1 aliphatic carbocycles. The lowest BCUT2D eigenvalue weighted by atomic mass is 9.70. The van der Waals surface area contributed by atoms with Crippen LogP contribution in [-0.2, 0) is 5.41 Å². The normalized spacial score (nSPS) is 16.8. The van der Waals surface area contributed by atoms with Crippen LogP contribution in [0.15, 0.2) is 42.5 Å². The van der Waals surface area contributed by atoms with Crippen LogP contribution < -0.4 is 0 Å². The van der Waals surface area contributed by atoms with Gasteiger partial charge in [0.1, 0.15) is 5.75 Å². The van der Waals surface area contributed by atoms with E-state index in [0.717, 1.165) is 44.1 Å². The minimum atomic E-state index is -0.620. The molecule has 0 radical (unpaired) electrons. The van der Waals surface area contributed by atoms with E-state index in [-0.39, 0.29) is 5.41 Å². The van der Waals surface area contributed by atoms with Gasteiger partial charge < -0.3 is 10.2 Å². The molecule has 0 spiro atoms. The van der Waals surface area contributed by atoms with Crippen molar-refractivity contribution in [2.24, 2.45) is 0 Å². The smallest absolute Gasteiger partial charge is 0.118 e. The first-order valence-electron chi connectivity index (χ1n) is 10.7. The van der Waals surface area contributed by atoms with Crippen molar-refractivity contribution in [2.45, 2.75) is 77.2 Å². The van der Waals surface area contributed by atoms with Crippen LogP contribution in [0.2, 0.25) is 0 Å². The summed E-state index contributed by atoms with van der Waals surface area (Å²) in [6.45, 7) is 8.59. The van der Waals surface area contributed by atoms with Crippen LogP contribution in [0.4, 0.5) is 0 Å². The first-order valence-corrected chi connectivity index (χ1v) is 10.7. The summed E-state index contributed by atoms with van der Waals surface area (Å²) in [5, 5.41) is 20.5. The average molecular weight is 379 g/mol. The van der Waals surface area contributed by atoms with Crippen molar-refractivity contribution in [3.63, 3.8) is 0 Å². The zero-order valence-corrected chi connectivity index (χ0v) is 17.8. The first kappa shape index (κ1) is 20.7. The number of aliphatic hydroxyl groups is 1. The molecule has 28 heavy (non-hydrogen) atoms. The number of phenols is 1. The summed E-state index contributed by atoms with van der Waals surface area (Å²) in [7, 11) is 0. The Hall–Kier alpha value is -2.06. The Bertz CT molecular complexity index is 853. The van der Waals surface area contributed by atoms with Gasteiger partial charge in [0.2, 0.25) is 0 Å². The van der Waals surface area contributed by atoms with Crippen LogP contribution in [0.1, 0.15) is 80.2 Å². The molecule has 0 atom stereocenters. The Kier molecular flexibility index (Phi) is 6.00. The van der Waals surface area contributed by atoms with E-state index in [0.29, 0.717) is 5.75 Å². The summed E-state index contributed by atoms with van der Waals surface area (Å²) in [5.41, 5.74) is 5.22. The van der Waals surface area contributed by atoms with Crippen LogP contribution in [0.25, 0.3) is 6.08 Å². The van der Waals surface area contributed by atoms with Crippen molar-refractivity contribution in [2.75, 3.05) is 0 Å². The monoisotopic (exact) mass is 378 g/mol. The second kappa shape index (κ2) is 8.13. The molecule has 0 amide bonds. The quantitative estimate of drug-likeness (QED) is 0.608. The lowest BCUT2D eigenvalue weighted by Gasteiger charge is -2.34. The van der Waals surface area contributed by atoms with Gasteiger partial charge in [-0.05, 0) is 73.4 Å². The third kappa shape index (κ3) is 3.89. The van der Waals surface area contributed by atoms with Crippen LogP contribution in [0, 0.1) is 13.8 Å². The molecule has 2 N–H and O–H groups in total. The van der Waals surface area contributed by atoms with Gasteiger partial charge in [0.05, 0.1) is 5.60 Å². The van der Waals surface area contributed by atoms with Crippen molar-refractivity contribution < 1.29 is 10.2 Å². The number of phenolic OH excluding ortho intramolecular Hbond substituents is 1. The van der Waals surface area contributed by atoms with Crippen LogP contribution >= 0.6 is 0 Å². The second-order valence-electron chi connectivity index (χ2n) is 8.51. The summed E-state index contributed by atoms with van der Waals surface area (Å²) in [5.74, 6) is 0.353. The molecule has 150 valence electrons. The van der Waals surface area contributed by atoms with Gasteiger partial charge in [0, 0.05) is 5.41 Å². The Morgan fingerprint density at radius 1 is 0.929 bits per heavy atom. The van der Waals surface area contributed by atoms with Gasteiger partial charge in [-0.3, -0.25) is 0 Å². The Morgan fingerprint density at radius 3 is 2.04 bits per heavy atom. The topological polar surface area (TPSA) is 40.5 Å². The molecular weight excluding hydrogens is 344 g/mol. The van der Waals surface area contributed by atoms with E-state index in [4.69, 9.17) is 0 Å². The highest BCUT2D eigenvalue weighted by molar-refractivity contribution is 5.57. The minimum Gasteiger partial charge on any atom is -0.508 e. The van der Waals surface area contributed by atoms with Crippen molar-refractivity contribution in [1.29, 1.82) is 0 Å². The predicted octanol–water partition coefficient (Wildman–Crippen LogP) is 6.43. The van der Waals surface area contributed by atoms with E-state index in [1.165, 1.54) is 22.3 Å². The molecule has 1 aliphatic rings. The van der Waals surface area contributed by atoms with E-state index < -0.39 is 5.60 Å². The molecule has 1 fully saturated rings. The SMILES string of the molecule is CCC(CC)(c1ccc(O)c(C)c1)c1ccc(C=CC2(O)CCCC2)c(C)c1. The number of hydrogen-bond acceptors (Lipinski definition) is 2. The summed E-state index contributed by atoms with van der Waals surface area (Å²) in [4.78, 5) is 0. The van der Waals surface area contributed by atoms with Gasteiger partial charge in [0.25, 0.3) is 0 Å². The second-order valence-corrected chi connectivity index (χ2v) is 8.51. The highest BCUT2D eigenvalue weighted by Crippen LogP contribution is 2.41. The number of hydrogen-bond donors (Lipinski definition) is 2. The molecule has 0 aromatic heterocycles. The maximum atomic E-state index is 10.6. The van der Waals surface area contributed by atoms with E-state index in [9.17, 15) is 10.2 Å². The van der Waals surface area contributed by atoms with Gasteiger partial charge in [-0.15, -0.1) is 0 Å². The van der Waals surface area contributed by atoms with Gasteiger partial charge in [-0.25, -0.2) is 0 Å². The molecule has 0 heterocycles. The van der Waals surface area contributed by atoms with Crippen molar-refractivity contribution in [1.82, 2.24) is 0 Å². The Balaban J connectivity index is 1.97. The average Bonchev–Trinajstić information content (AvgIpc) is 3.12. The largest absolute Gasteiger partial charge is 0.508 e. The molecule has 2 aromatic rings. The molecule has 2 nitrogen and oxygen atoms in total. The summed E-state index contributed by atoms with van der Waals surface area (Å²) < 4.78 is 0. The van der Waals surface area contributed by atoms with Crippen LogP contribution in [-0.4, -0.2) is 15.8 Å². The summed E-state index contributed by atoms with van der Waals surface area (Å²) in [6, 6.07) is 12.7. The highest BCUT2D eigenvalue weighted by atomic mass is 16.3. The van der Waals surface area contributed by atoms with Gasteiger partial charge in [-0.2, -0.15) is 0 Å². The molecule has 0 bridgehead atoms. The van der Waals surface area contributed by atoms with Gasteiger partial charge in [0.15, 0.2) is 0 Å². The number of aromatic hydroxyl groups is 1. The predicted molar refractivity (Wildman–Crippen MR) is 118 cm³/mol. The maximum Gasteiger partial charge on any atom is 0.118 e. The van der Waals surface area contributed by atoms with Crippen molar-refractivity contribution in [3.8, 4) is 5.75 Å². The lowest BCUT2D eigenvalue weighted by molar-refractivity contribution is 0.100. The third-order valence-electron chi connectivity index (χ3n) is 6.82. The van der Waals surface area contributed by atoms with E-state index in [2.05, 4.69) is 57.2 Å². The van der Waals surface area contributed by atoms with Gasteiger partial charge in [-0.1, -0.05) is 69.2 Å². The molecule has 0 unspecified atom stereocenters. The third-order valence-corrected chi connectivity index (χ3v) is 6.82. The van der Waals surface area contributed by atoms with E-state index in [1.807, 2.05) is 19.1 Å². The maximum absolute atomic E-state index is 10.6. The zero-order chi connectivity index (χ0) is 20.4. The fourth-order valence-electron chi connectivity index (χ4n) is 4.75. The van der Waals surface area contributed by atoms with Crippen molar-refractivity contribution in [3.05, 3.63) is 70.3 Å². The Morgan fingerprint density at radius 2 is 1.50 bits per heavy atom. The van der Waals surface area contributed by atoms with E-state index in [1.54, 1.807) is 0 Å². The van der Waals surface area contributed by atoms with Gasteiger partial charge >= 0.3 is 0 Å². The Labute approximate surface area is 169 Å². The highest BCUT2D eigenvalue weighted by Gasteiger charge is 2.31. The molecule has 3 rings (SSSR count). The number of aryl methyl sites for hydroxylation is 2. The molecule has 1 saturated carbocycles. The number of benzene rings is 2.